The van der Waals surface area contributed by atoms with E-state index in [1.165, 1.54) is 0 Å². The van der Waals surface area contributed by atoms with Crippen molar-refractivity contribution in [3.8, 4) is 0 Å². The van der Waals surface area contributed by atoms with Gasteiger partial charge in [-0.3, -0.25) is 4.79 Å². The van der Waals surface area contributed by atoms with Gasteiger partial charge in [-0.2, -0.15) is 0 Å². The van der Waals surface area contributed by atoms with E-state index in [0.717, 1.165) is 6.92 Å². The summed E-state index contributed by atoms with van der Waals surface area (Å²) in [7, 11) is 0. The van der Waals surface area contributed by atoms with E-state index in [4.69, 9.17) is 14.3 Å². The molecule has 0 aromatic carbocycles. The van der Waals surface area contributed by atoms with Gasteiger partial charge in [0.2, 0.25) is 5.24 Å². The highest BCUT2D eigenvalue weighted by Crippen LogP contribution is 1.81. The maximum absolute atomic E-state index is 9.86. The van der Waals surface area contributed by atoms with E-state index in [1.54, 1.807) is 0 Å². The summed E-state index contributed by atoms with van der Waals surface area (Å²) in [5.41, 5.74) is 0. The van der Waals surface area contributed by atoms with Gasteiger partial charge in [-0.15, -0.1) is 0 Å². The summed E-state index contributed by atoms with van der Waals surface area (Å²) in [6.45, 7) is 1.11. The lowest BCUT2D eigenvalue weighted by atomic mass is 10.6. The van der Waals surface area contributed by atoms with E-state index < -0.39 is 11.6 Å². The molecule has 0 amide bonds. The van der Waals surface area contributed by atoms with Crippen LogP contribution in [0.2, 0.25) is 0 Å². The van der Waals surface area contributed by atoms with Gasteiger partial charge in [-0.1, -0.05) is 6.92 Å². The van der Waals surface area contributed by atoms with Crippen molar-refractivity contribution in [2.24, 2.45) is 0 Å². The van der Waals surface area contributed by atoms with Crippen molar-refractivity contribution >= 4 is 16.8 Å². The fourth-order valence-corrected chi connectivity index (χ4v) is 0. The molecule has 2 heteroatoms. The summed E-state index contributed by atoms with van der Waals surface area (Å²) in [6, 6.07) is 0. The summed E-state index contributed by atoms with van der Waals surface area (Å²) in [6.07, 6.45) is -1.87. The molecule has 0 N–H and O–H groups in total. The van der Waals surface area contributed by atoms with Gasteiger partial charge in [-0.05, 0) is 11.6 Å². The highest BCUT2D eigenvalue weighted by molar-refractivity contribution is 6.63. The van der Waals surface area contributed by atoms with Crippen LogP contribution in [0.25, 0.3) is 0 Å². The zero-order valence-corrected chi connectivity index (χ0v) is 3.54. The third-order valence-corrected chi connectivity index (χ3v) is 0.386. The van der Waals surface area contributed by atoms with E-state index >= 15 is 0 Å². The normalized spacial score (nSPS) is 16.4. The van der Waals surface area contributed by atoms with Crippen molar-refractivity contribution in [1.29, 1.82) is 0 Å². The molecule has 30 valence electrons. The molecule has 0 heterocycles. The molecule has 0 radical (unpaired) electrons. The molecule has 0 saturated heterocycles. The molecular weight excluding hydrogens is 87.5 g/mol. The molecular formula is C3H5ClO. The largest absolute Gasteiger partial charge is 0.281 e. The summed E-state index contributed by atoms with van der Waals surface area (Å²) in [4.78, 5) is 9.86. The molecule has 0 aliphatic carbocycles. The Kier molecular flexibility index (Phi) is 0.969. The zero-order chi connectivity index (χ0) is 6.08. The summed E-state index contributed by atoms with van der Waals surface area (Å²) in [5, 5.41) is -0.951. The molecule has 0 aromatic heterocycles. The Labute approximate surface area is 38.7 Å². The van der Waals surface area contributed by atoms with Crippen LogP contribution in [0.4, 0.5) is 0 Å². The highest BCUT2D eigenvalue weighted by Gasteiger charge is 1.81. The van der Waals surface area contributed by atoms with Gasteiger partial charge in [-0.25, -0.2) is 0 Å². The van der Waals surface area contributed by atoms with Gasteiger partial charge in [0.05, 0.1) is 0 Å². The topological polar surface area (TPSA) is 17.1 Å². The standard InChI is InChI=1S/C3H5ClO/c1-2-3(4)5/h2H2,1H3/i2D2. The average Bonchev–Trinajstić information content (AvgIpc) is 1.31. The SMILES string of the molecule is [2H]C([2H])(C)C(=O)Cl. The maximum atomic E-state index is 9.86. The Morgan fingerprint density at radius 1 is 2.40 bits per heavy atom. The fourth-order valence-electron chi connectivity index (χ4n) is 0. The van der Waals surface area contributed by atoms with E-state index in [-0.39, 0.29) is 0 Å². The molecule has 0 spiro atoms. The Morgan fingerprint density at radius 3 is 2.60 bits per heavy atom. The van der Waals surface area contributed by atoms with Crippen LogP contribution < -0.4 is 0 Å². The minimum Gasteiger partial charge on any atom is -0.281 e. The van der Waals surface area contributed by atoms with Crippen molar-refractivity contribution in [3.63, 3.8) is 0 Å². The number of hydrogen-bond donors (Lipinski definition) is 0. The highest BCUT2D eigenvalue weighted by atomic mass is 35.5. The molecule has 0 unspecified atom stereocenters. The zero-order valence-electron chi connectivity index (χ0n) is 4.79. The molecule has 0 fully saturated rings. The number of halogens is 1. The van der Waals surface area contributed by atoms with Crippen LogP contribution in [0.3, 0.4) is 0 Å². The Hall–Kier alpha value is -0.0400. The van der Waals surface area contributed by atoms with Crippen molar-refractivity contribution < 1.29 is 7.54 Å². The van der Waals surface area contributed by atoms with Crippen molar-refractivity contribution in [2.45, 2.75) is 13.3 Å². The quantitative estimate of drug-likeness (QED) is 0.446. The van der Waals surface area contributed by atoms with E-state index in [0.29, 0.717) is 0 Å². The van der Waals surface area contributed by atoms with Crippen LogP contribution in [0.15, 0.2) is 0 Å². The maximum Gasteiger partial charge on any atom is 0.221 e. The van der Waals surface area contributed by atoms with Crippen LogP contribution in [0.5, 0.6) is 0 Å². The van der Waals surface area contributed by atoms with Gasteiger partial charge in [0, 0.05) is 9.11 Å². The molecule has 0 atom stereocenters. The molecule has 0 aromatic rings. The van der Waals surface area contributed by atoms with Gasteiger partial charge >= 0.3 is 0 Å². The smallest absolute Gasteiger partial charge is 0.221 e. The van der Waals surface area contributed by atoms with Gasteiger partial charge < -0.3 is 0 Å². The second-order valence-electron chi connectivity index (χ2n) is 0.524. The van der Waals surface area contributed by atoms with Gasteiger partial charge in [0.1, 0.15) is 0 Å². The molecule has 0 rings (SSSR count). The van der Waals surface area contributed by atoms with Crippen molar-refractivity contribution in [1.82, 2.24) is 0 Å². The van der Waals surface area contributed by atoms with Crippen LogP contribution >= 0.6 is 11.6 Å². The third-order valence-electron chi connectivity index (χ3n) is 0.197. The van der Waals surface area contributed by atoms with Crippen molar-refractivity contribution in [2.75, 3.05) is 0 Å². The minimum absolute atomic E-state index is 0.951. The van der Waals surface area contributed by atoms with Gasteiger partial charge in [0.15, 0.2) is 0 Å². The lowest BCUT2D eigenvalue weighted by Gasteiger charge is -1.68. The molecule has 0 aliphatic heterocycles. The Morgan fingerprint density at radius 2 is 2.60 bits per heavy atom. The van der Waals surface area contributed by atoms with Crippen LogP contribution in [0.1, 0.15) is 16.0 Å². The Bertz CT molecular complexity index is 85.4. The third kappa shape index (κ3) is 3.96. The van der Waals surface area contributed by atoms with E-state index in [1.807, 2.05) is 0 Å². The summed E-state index contributed by atoms with van der Waals surface area (Å²) >= 11 is 4.74. The summed E-state index contributed by atoms with van der Waals surface area (Å²) in [5.74, 6) is 0. The molecule has 1 nitrogen and oxygen atoms in total. The molecule has 0 saturated carbocycles. The van der Waals surface area contributed by atoms with E-state index in [9.17, 15) is 4.79 Å². The first-order valence-electron chi connectivity index (χ1n) is 2.14. The Balaban J connectivity index is 3.79. The molecule has 5 heavy (non-hydrogen) atoms. The number of carbonyl (C=O) groups excluding carboxylic acids is 1. The first kappa shape index (κ1) is 2.19. The first-order chi connectivity index (χ1) is 2.94. The molecule has 0 aliphatic rings. The second kappa shape index (κ2) is 2.21. The fraction of sp³-hybridized carbons (Fsp3) is 0.667. The first-order valence-corrected chi connectivity index (χ1v) is 1.52. The predicted octanol–water partition coefficient (Wildman–Crippen LogP) is 1.16. The second-order valence-corrected chi connectivity index (χ2v) is 0.867. The summed E-state index contributed by atoms with van der Waals surface area (Å²) < 4.78 is 13.1. The van der Waals surface area contributed by atoms with Crippen LogP contribution in [-0.2, 0) is 4.79 Å². The molecule has 0 bridgehead atoms. The lowest BCUT2D eigenvalue weighted by Crippen LogP contribution is -1.74. The number of rotatable bonds is 1. The van der Waals surface area contributed by atoms with Gasteiger partial charge in [0.25, 0.3) is 0 Å². The van der Waals surface area contributed by atoms with Crippen LogP contribution in [-0.4, -0.2) is 5.24 Å². The monoisotopic (exact) mass is 94.0 g/mol. The number of carbonyl (C=O) groups is 1. The number of hydrogen-bond acceptors (Lipinski definition) is 1. The van der Waals surface area contributed by atoms with E-state index in [2.05, 4.69) is 0 Å². The minimum atomic E-state index is -1.87. The predicted molar refractivity (Wildman–Crippen MR) is 21.2 cm³/mol. The van der Waals surface area contributed by atoms with Crippen LogP contribution in [0, 0.1) is 0 Å². The average molecular weight is 94.5 g/mol. The lowest BCUT2D eigenvalue weighted by molar-refractivity contribution is -0.111. The van der Waals surface area contributed by atoms with Crippen molar-refractivity contribution in [3.05, 3.63) is 0 Å².